The molecule has 0 spiro atoms. The van der Waals surface area contributed by atoms with E-state index in [-0.39, 0.29) is 5.76 Å². The molecule has 4 rings (SSSR count). The summed E-state index contributed by atoms with van der Waals surface area (Å²) in [5.41, 5.74) is 1.56. The Morgan fingerprint density at radius 3 is 2.93 bits per heavy atom. The molecule has 6 nitrogen and oxygen atoms in total. The first-order valence-electron chi connectivity index (χ1n) is 9.13. The van der Waals surface area contributed by atoms with Crippen molar-refractivity contribution >= 4 is 54.4 Å². The number of carbonyl (C=O) groups is 1. The molecule has 150 valence electrons. The molecule has 1 amide bonds. The number of hydrogen-bond acceptors (Lipinski definition) is 5. The second kappa shape index (κ2) is 8.52. The van der Waals surface area contributed by atoms with Gasteiger partial charge in [-0.25, -0.2) is 0 Å². The fourth-order valence-corrected chi connectivity index (χ4v) is 4.69. The standard InChI is InChI=1S/C21H19BrN2O4S/c1-3-27-16-6-4-5-13-11-17(28-19(13)16)20(25)23-21-24(9-10-26-2)15-8-7-14(22)12-18(15)29-21/h4-8,11-12H,3,9-10H2,1-2H3. The van der Waals surface area contributed by atoms with E-state index >= 15 is 0 Å². The lowest BCUT2D eigenvalue weighted by atomic mass is 10.2. The molecule has 0 saturated carbocycles. The van der Waals surface area contributed by atoms with Crippen LogP contribution in [-0.2, 0) is 11.3 Å². The molecule has 0 fully saturated rings. The largest absolute Gasteiger partial charge is 0.490 e. The molecule has 0 aliphatic carbocycles. The van der Waals surface area contributed by atoms with E-state index in [4.69, 9.17) is 13.9 Å². The van der Waals surface area contributed by atoms with Crippen LogP contribution in [0, 0.1) is 0 Å². The molecular weight excluding hydrogens is 456 g/mol. The topological polar surface area (TPSA) is 66.0 Å². The Morgan fingerprint density at radius 2 is 2.14 bits per heavy atom. The van der Waals surface area contributed by atoms with Gasteiger partial charge in [-0.1, -0.05) is 39.4 Å². The van der Waals surface area contributed by atoms with Crippen molar-refractivity contribution in [2.75, 3.05) is 20.3 Å². The lowest BCUT2D eigenvalue weighted by molar-refractivity contribution is 0.0973. The maximum absolute atomic E-state index is 12.9. The van der Waals surface area contributed by atoms with E-state index in [1.165, 1.54) is 11.3 Å². The number of hydrogen-bond donors (Lipinski definition) is 0. The van der Waals surface area contributed by atoms with Crippen LogP contribution in [0.2, 0.25) is 0 Å². The van der Waals surface area contributed by atoms with Gasteiger partial charge in [0.15, 0.2) is 21.9 Å². The first-order chi connectivity index (χ1) is 14.1. The van der Waals surface area contributed by atoms with Crippen molar-refractivity contribution in [1.29, 1.82) is 0 Å². The maximum Gasteiger partial charge on any atom is 0.315 e. The average molecular weight is 475 g/mol. The number of nitrogens with zero attached hydrogens (tertiary/aromatic N) is 2. The van der Waals surface area contributed by atoms with Gasteiger partial charge in [-0.05, 0) is 37.3 Å². The average Bonchev–Trinajstić information content (AvgIpc) is 3.28. The van der Waals surface area contributed by atoms with E-state index < -0.39 is 5.91 Å². The predicted molar refractivity (Wildman–Crippen MR) is 117 cm³/mol. The minimum Gasteiger partial charge on any atom is -0.490 e. The Morgan fingerprint density at radius 1 is 1.28 bits per heavy atom. The zero-order valence-electron chi connectivity index (χ0n) is 16.0. The van der Waals surface area contributed by atoms with Gasteiger partial charge in [0.1, 0.15) is 0 Å². The predicted octanol–water partition coefficient (Wildman–Crippen LogP) is 5.00. The van der Waals surface area contributed by atoms with Crippen LogP contribution < -0.4 is 9.54 Å². The molecule has 2 heterocycles. The number of fused-ring (bicyclic) bond motifs is 2. The Hall–Kier alpha value is -2.42. The van der Waals surface area contributed by atoms with Gasteiger partial charge in [-0.15, -0.1) is 0 Å². The fourth-order valence-electron chi connectivity index (χ4n) is 3.08. The van der Waals surface area contributed by atoms with E-state index in [1.807, 2.05) is 47.9 Å². The first kappa shape index (κ1) is 19.9. The van der Waals surface area contributed by atoms with Crippen LogP contribution in [0.4, 0.5) is 0 Å². The molecule has 2 aromatic heterocycles. The normalized spacial score (nSPS) is 12.2. The Labute approximate surface area is 179 Å². The summed E-state index contributed by atoms with van der Waals surface area (Å²) in [5.74, 6) is 0.371. The second-order valence-corrected chi connectivity index (χ2v) is 8.20. The van der Waals surface area contributed by atoms with Crippen molar-refractivity contribution < 1.29 is 18.7 Å². The summed E-state index contributed by atoms with van der Waals surface area (Å²) in [6.07, 6.45) is 0. The zero-order valence-corrected chi connectivity index (χ0v) is 18.4. The third kappa shape index (κ3) is 4.01. The summed E-state index contributed by atoms with van der Waals surface area (Å²) < 4.78 is 20.6. The first-order valence-corrected chi connectivity index (χ1v) is 10.7. The van der Waals surface area contributed by atoms with Crippen molar-refractivity contribution in [3.63, 3.8) is 0 Å². The van der Waals surface area contributed by atoms with E-state index in [0.717, 1.165) is 20.1 Å². The summed E-state index contributed by atoms with van der Waals surface area (Å²) >= 11 is 4.95. The van der Waals surface area contributed by atoms with Crippen molar-refractivity contribution in [1.82, 2.24) is 4.57 Å². The number of aromatic nitrogens is 1. The molecule has 0 saturated heterocycles. The van der Waals surface area contributed by atoms with Gasteiger partial charge in [-0.3, -0.25) is 4.79 Å². The van der Waals surface area contributed by atoms with Crippen LogP contribution in [0.25, 0.3) is 21.2 Å². The summed E-state index contributed by atoms with van der Waals surface area (Å²) in [7, 11) is 1.65. The highest BCUT2D eigenvalue weighted by Crippen LogP contribution is 2.29. The quantitative estimate of drug-likeness (QED) is 0.394. The van der Waals surface area contributed by atoms with Crippen molar-refractivity contribution in [3.8, 4) is 5.75 Å². The highest BCUT2D eigenvalue weighted by molar-refractivity contribution is 9.10. The lowest BCUT2D eigenvalue weighted by Gasteiger charge is -2.04. The molecule has 0 radical (unpaired) electrons. The van der Waals surface area contributed by atoms with Gasteiger partial charge in [-0.2, -0.15) is 4.99 Å². The number of methoxy groups -OCH3 is 1. The number of rotatable bonds is 6. The number of furan rings is 1. The van der Waals surface area contributed by atoms with E-state index in [9.17, 15) is 4.79 Å². The highest BCUT2D eigenvalue weighted by Gasteiger charge is 2.16. The molecule has 0 atom stereocenters. The second-order valence-electron chi connectivity index (χ2n) is 6.28. The SMILES string of the molecule is CCOc1cccc2cc(C(=O)N=c3sc4cc(Br)ccc4n3CCOC)oc12. The number of benzene rings is 2. The van der Waals surface area contributed by atoms with Crippen molar-refractivity contribution in [2.45, 2.75) is 13.5 Å². The number of amides is 1. The third-order valence-electron chi connectivity index (χ3n) is 4.38. The molecular formula is C21H19BrN2O4S. The molecule has 8 heteroatoms. The molecule has 0 unspecified atom stereocenters. The van der Waals surface area contributed by atoms with Crippen LogP contribution in [0.1, 0.15) is 17.5 Å². The van der Waals surface area contributed by atoms with Crippen LogP contribution in [-0.4, -0.2) is 30.8 Å². The molecule has 29 heavy (non-hydrogen) atoms. The van der Waals surface area contributed by atoms with Gasteiger partial charge in [0.25, 0.3) is 0 Å². The van der Waals surface area contributed by atoms with Gasteiger partial charge < -0.3 is 18.5 Å². The summed E-state index contributed by atoms with van der Waals surface area (Å²) in [6, 6.07) is 13.3. The minimum absolute atomic E-state index is 0.184. The Kier molecular flexibility index (Phi) is 5.84. The molecule has 2 aromatic carbocycles. The summed E-state index contributed by atoms with van der Waals surface area (Å²) in [4.78, 5) is 17.8. The maximum atomic E-state index is 12.9. The van der Waals surface area contributed by atoms with Crippen LogP contribution in [0.3, 0.4) is 0 Å². The monoisotopic (exact) mass is 474 g/mol. The Bertz CT molecular complexity index is 1250. The number of thiazole rings is 1. The van der Waals surface area contributed by atoms with Crippen LogP contribution >= 0.6 is 27.3 Å². The number of ether oxygens (including phenoxy) is 2. The Balaban J connectivity index is 1.79. The minimum atomic E-state index is -0.430. The third-order valence-corrected chi connectivity index (χ3v) is 5.91. The van der Waals surface area contributed by atoms with E-state index in [2.05, 4.69) is 20.9 Å². The van der Waals surface area contributed by atoms with E-state index in [0.29, 0.717) is 35.9 Å². The molecule has 0 aliphatic heterocycles. The molecule has 0 aliphatic rings. The van der Waals surface area contributed by atoms with Crippen molar-refractivity contribution in [3.05, 3.63) is 57.5 Å². The smallest absolute Gasteiger partial charge is 0.315 e. The summed E-state index contributed by atoms with van der Waals surface area (Å²) in [5, 5.41) is 0.807. The summed E-state index contributed by atoms with van der Waals surface area (Å²) in [6.45, 7) is 3.54. The highest BCUT2D eigenvalue weighted by atomic mass is 79.9. The zero-order chi connectivity index (χ0) is 20.4. The van der Waals surface area contributed by atoms with Gasteiger partial charge in [0.05, 0.1) is 23.4 Å². The van der Waals surface area contributed by atoms with Gasteiger partial charge in [0, 0.05) is 23.5 Å². The van der Waals surface area contributed by atoms with E-state index in [1.54, 1.807) is 13.2 Å². The molecule has 0 N–H and O–H groups in total. The number of halogens is 1. The van der Waals surface area contributed by atoms with Gasteiger partial charge >= 0.3 is 5.91 Å². The van der Waals surface area contributed by atoms with Gasteiger partial charge in [0.2, 0.25) is 0 Å². The molecule has 0 bridgehead atoms. The fraction of sp³-hybridized carbons (Fsp3) is 0.238. The van der Waals surface area contributed by atoms with Crippen LogP contribution in [0.5, 0.6) is 5.75 Å². The molecule has 4 aromatic rings. The number of carbonyl (C=O) groups excluding carboxylic acids is 1. The van der Waals surface area contributed by atoms with Crippen molar-refractivity contribution in [2.24, 2.45) is 4.99 Å². The lowest BCUT2D eigenvalue weighted by Crippen LogP contribution is -2.19. The van der Waals surface area contributed by atoms with Crippen LogP contribution in [0.15, 0.2) is 56.3 Å². The number of para-hydroxylation sites is 1.